The van der Waals surface area contributed by atoms with E-state index in [4.69, 9.17) is 9.47 Å². The number of carbonyl (C=O) groups excluding carboxylic acids is 1. The van der Waals surface area contributed by atoms with Gasteiger partial charge in [0.25, 0.3) is 5.91 Å². The Labute approximate surface area is 133 Å². The van der Waals surface area contributed by atoms with Crippen molar-refractivity contribution in [2.75, 3.05) is 14.2 Å². The van der Waals surface area contributed by atoms with E-state index in [0.29, 0.717) is 0 Å². The highest BCUT2D eigenvalue weighted by Crippen LogP contribution is 2.45. The van der Waals surface area contributed by atoms with Crippen LogP contribution in [-0.2, 0) is 9.47 Å². The second-order valence-corrected chi connectivity index (χ2v) is 6.44. The van der Waals surface area contributed by atoms with Gasteiger partial charge in [0, 0.05) is 17.4 Å². The van der Waals surface area contributed by atoms with Gasteiger partial charge in [-0.05, 0) is 41.0 Å². The van der Waals surface area contributed by atoms with E-state index in [1.54, 1.807) is 25.6 Å². The summed E-state index contributed by atoms with van der Waals surface area (Å²) in [6.07, 6.45) is 4.70. The highest BCUT2D eigenvalue weighted by molar-refractivity contribution is 7.08. The van der Waals surface area contributed by atoms with Crippen LogP contribution in [0.2, 0.25) is 0 Å². The molecular weight excluding hydrogens is 298 g/mol. The lowest BCUT2D eigenvalue weighted by Crippen LogP contribution is -2.42. The van der Waals surface area contributed by atoms with Crippen LogP contribution in [0.25, 0.3) is 5.57 Å². The zero-order valence-electron chi connectivity index (χ0n) is 12.6. The van der Waals surface area contributed by atoms with Crippen LogP contribution in [0.15, 0.2) is 39.5 Å². The number of hydrogen-bond donors (Lipinski definition) is 1. The van der Waals surface area contributed by atoms with Gasteiger partial charge >= 0.3 is 0 Å². The maximum atomic E-state index is 12.2. The molecule has 0 saturated carbocycles. The molecule has 0 aromatic carbocycles. The third kappa shape index (κ3) is 1.85. The van der Waals surface area contributed by atoms with Gasteiger partial charge in [0.05, 0.1) is 25.8 Å². The zero-order chi connectivity index (χ0) is 15.3. The number of allylic oxidation sites excluding steroid dienone is 3. The molecule has 1 amide bonds. The molecule has 3 aliphatic rings. The van der Waals surface area contributed by atoms with Crippen molar-refractivity contribution in [1.29, 1.82) is 0 Å². The van der Waals surface area contributed by atoms with Crippen LogP contribution in [0.4, 0.5) is 0 Å². The number of nitrogens with one attached hydrogen (secondary N) is 1. The van der Waals surface area contributed by atoms with Gasteiger partial charge in [-0.3, -0.25) is 4.79 Å². The molecule has 1 aliphatic heterocycles. The van der Waals surface area contributed by atoms with E-state index in [1.165, 1.54) is 16.7 Å². The van der Waals surface area contributed by atoms with E-state index in [-0.39, 0.29) is 11.9 Å². The van der Waals surface area contributed by atoms with Crippen molar-refractivity contribution in [2.24, 2.45) is 0 Å². The van der Waals surface area contributed by atoms with Gasteiger partial charge in [0.2, 0.25) is 0 Å². The molecule has 0 spiro atoms. The molecule has 2 heterocycles. The number of carbonyl (C=O) groups is 1. The van der Waals surface area contributed by atoms with Gasteiger partial charge < -0.3 is 14.8 Å². The predicted octanol–water partition coefficient (Wildman–Crippen LogP) is 3.24. The molecule has 1 unspecified atom stereocenters. The first-order chi connectivity index (χ1) is 10.7. The average molecular weight is 315 g/mol. The standard InChI is InChI=1S/C17H17NO3S/c1-20-14-5-9-3-4-13-16(10(9)6-15(14)21-2)11-7-22-8-12(11)17(19)18-13/h5,7-8,13H,3-4,6H2,1-2H3,(H,18,19). The molecule has 4 rings (SSSR count). The summed E-state index contributed by atoms with van der Waals surface area (Å²) < 4.78 is 10.9. The van der Waals surface area contributed by atoms with Crippen molar-refractivity contribution < 1.29 is 14.3 Å². The third-order valence-electron chi connectivity index (χ3n) is 4.65. The van der Waals surface area contributed by atoms with E-state index in [9.17, 15) is 4.79 Å². The monoisotopic (exact) mass is 315 g/mol. The Balaban J connectivity index is 1.90. The lowest BCUT2D eigenvalue weighted by Gasteiger charge is -2.36. The number of hydrogen-bond acceptors (Lipinski definition) is 4. The van der Waals surface area contributed by atoms with Gasteiger partial charge in [-0.1, -0.05) is 0 Å². The van der Waals surface area contributed by atoms with Crippen molar-refractivity contribution >= 4 is 22.8 Å². The minimum absolute atomic E-state index is 0.0499. The molecule has 1 N–H and O–H groups in total. The largest absolute Gasteiger partial charge is 0.497 e. The second-order valence-electron chi connectivity index (χ2n) is 5.70. The van der Waals surface area contributed by atoms with Crippen molar-refractivity contribution in [3.05, 3.63) is 50.6 Å². The van der Waals surface area contributed by atoms with Crippen molar-refractivity contribution in [1.82, 2.24) is 5.32 Å². The maximum Gasteiger partial charge on any atom is 0.253 e. The summed E-state index contributed by atoms with van der Waals surface area (Å²) in [4.78, 5) is 12.2. The van der Waals surface area contributed by atoms with Gasteiger partial charge in [0.1, 0.15) is 5.76 Å². The highest BCUT2D eigenvalue weighted by Gasteiger charge is 2.36. The molecule has 4 nitrogen and oxygen atoms in total. The minimum Gasteiger partial charge on any atom is -0.497 e. The maximum absolute atomic E-state index is 12.2. The summed E-state index contributed by atoms with van der Waals surface area (Å²) in [5.41, 5.74) is 5.74. The molecule has 0 fully saturated rings. The molecule has 0 radical (unpaired) electrons. The second kappa shape index (κ2) is 5.02. The SMILES string of the molecule is COC1=C(OC)CC2=C3c4cscc4C(=O)NC3CCC2=C1. The molecule has 114 valence electrons. The Morgan fingerprint density at radius 3 is 2.82 bits per heavy atom. The molecule has 1 aromatic rings. The Hall–Kier alpha value is -2.01. The number of amides is 1. The minimum atomic E-state index is 0.0499. The molecule has 22 heavy (non-hydrogen) atoms. The number of ether oxygens (including phenoxy) is 2. The van der Waals surface area contributed by atoms with Gasteiger partial charge in [0.15, 0.2) is 5.76 Å². The fraction of sp³-hybridized carbons (Fsp3) is 0.353. The molecular formula is C17H17NO3S. The normalized spacial score (nSPS) is 23.3. The number of rotatable bonds is 2. The van der Waals surface area contributed by atoms with Crippen LogP contribution < -0.4 is 5.32 Å². The fourth-order valence-corrected chi connectivity index (χ4v) is 4.42. The summed E-state index contributed by atoms with van der Waals surface area (Å²) in [5, 5.41) is 7.17. The highest BCUT2D eigenvalue weighted by atomic mass is 32.1. The first-order valence-electron chi connectivity index (χ1n) is 7.35. The van der Waals surface area contributed by atoms with Crippen molar-refractivity contribution in [2.45, 2.75) is 25.3 Å². The first-order valence-corrected chi connectivity index (χ1v) is 8.29. The Kier molecular flexibility index (Phi) is 3.11. The van der Waals surface area contributed by atoms with Crippen LogP contribution in [0, 0.1) is 0 Å². The third-order valence-corrected chi connectivity index (χ3v) is 5.39. The number of methoxy groups -OCH3 is 2. The first kappa shape index (κ1) is 13.6. The van der Waals surface area contributed by atoms with Crippen molar-refractivity contribution in [3.8, 4) is 0 Å². The Bertz CT molecular complexity index is 754. The quantitative estimate of drug-likeness (QED) is 0.911. The van der Waals surface area contributed by atoms with E-state index < -0.39 is 0 Å². The van der Waals surface area contributed by atoms with Gasteiger partial charge in [-0.15, -0.1) is 0 Å². The molecule has 0 saturated heterocycles. The number of thiophene rings is 1. The molecule has 1 atom stereocenters. The van der Waals surface area contributed by atoms with Crippen LogP contribution in [0.5, 0.6) is 0 Å². The molecule has 5 heteroatoms. The van der Waals surface area contributed by atoms with E-state index >= 15 is 0 Å². The van der Waals surface area contributed by atoms with E-state index in [1.807, 2.05) is 5.38 Å². The van der Waals surface area contributed by atoms with Gasteiger partial charge in [-0.25, -0.2) is 0 Å². The van der Waals surface area contributed by atoms with Gasteiger partial charge in [-0.2, -0.15) is 11.3 Å². The fourth-order valence-electron chi connectivity index (χ4n) is 3.59. The van der Waals surface area contributed by atoms with Crippen LogP contribution in [-0.4, -0.2) is 26.2 Å². The van der Waals surface area contributed by atoms with E-state index in [2.05, 4.69) is 16.8 Å². The van der Waals surface area contributed by atoms with Crippen LogP contribution in [0.3, 0.4) is 0 Å². The summed E-state index contributed by atoms with van der Waals surface area (Å²) in [5.74, 6) is 1.71. The topological polar surface area (TPSA) is 47.6 Å². The predicted molar refractivity (Wildman–Crippen MR) is 85.5 cm³/mol. The lowest BCUT2D eigenvalue weighted by molar-refractivity contribution is 0.0939. The van der Waals surface area contributed by atoms with Crippen LogP contribution >= 0.6 is 11.3 Å². The van der Waals surface area contributed by atoms with Crippen LogP contribution in [0.1, 0.15) is 35.2 Å². The average Bonchev–Trinajstić information content (AvgIpc) is 3.03. The summed E-state index contributed by atoms with van der Waals surface area (Å²) in [6, 6.07) is 0.115. The Morgan fingerprint density at radius 2 is 2.05 bits per heavy atom. The van der Waals surface area contributed by atoms with E-state index in [0.717, 1.165) is 41.9 Å². The molecule has 2 aliphatic carbocycles. The zero-order valence-corrected chi connectivity index (χ0v) is 13.4. The summed E-state index contributed by atoms with van der Waals surface area (Å²) >= 11 is 1.58. The smallest absolute Gasteiger partial charge is 0.253 e. The lowest BCUT2D eigenvalue weighted by atomic mass is 9.75. The molecule has 0 bridgehead atoms. The Morgan fingerprint density at radius 1 is 1.23 bits per heavy atom. The number of fused-ring (bicyclic) bond motifs is 4. The summed E-state index contributed by atoms with van der Waals surface area (Å²) in [6.45, 7) is 0. The summed E-state index contributed by atoms with van der Waals surface area (Å²) in [7, 11) is 3.35. The van der Waals surface area contributed by atoms with Crippen molar-refractivity contribution in [3.63, 3.8) is 0 Å². The molecule has 1 aromatic heterocycles.